The molecule has 3 nitrogen and oxygen atoms in total. The van der Waals surface area contributed by atoms with Gasteiger partial charge >= 0.3 is 0 Å². The minimum Gasteiger partial charge on any atom is -0.310 e. The number of nitrogens with one attached hydrogen (secondary N) is 1. The number of hydrogen-bond acceptors (Lipinski definition) is 2. The summed E-state index contributed by atoms with van der Waals surface area (Å²) in [5.74, 6) is -0.217. The Kier molecular flexibility index (Phi) is 4.71. The van der Waals surface area contributed by atoms with Gasteiger partial charge in [0.05, 0.1) is 6.20 Å². The van der Waals surface area contributed by atoms with Crippen molar-refractivity contribution in [3.8, 4) is 0 Å². The summed E-state index contributed by atoms with van der Waals surface area (Å²) in [6.07, 6.45) is 4.57. The Morgan fingerprint density at radius 3 is 2.79 bits per heavy atom. The van der Waals surface area contributed by atoms with Crippen molar-refractivity contribution in [2.24, 2.45) is 7.05 Å². The largest absolute Gasteiger partial charge is 0.310 e. The molecule has 2 rings (SSSR count). The molecule has 0 aliphatic heterocycles. The predicted octanol–water partition coefficient (Wildman–Crippen LogP) is 3.22. The maximum absolute atomic E-state index is 13.4. The Balaban J connectivity index is 2.20. The lowest BCUT2D eigenvalue weighted by molar-refractivity contribution is 0.546. The van der Waals surface area contributed by atoms with E-state index in [0.717, 1.165) is 28.6 Å². The van der Waals surface area contributed by atoms with E-state index in [1.54, 1.807) is 10.7 Å². The Bertz CT molecular complexity index is 533. The second kappa shape index (κ2) is 6.30. The van der Waals surface area contributed by atoms with E-state index >= 15 is 0 Å². The third-order valence-corrected chi connectivity index (χ3v) is 3.40. The fourth-order valence-corrected chi connectivity index (χ4v) is 2.65. The van der Waals surface area contributed by atoms with Crippen LogP contribution in [0, 0.1) is 5.82 Å². The molecule has 0 aliphatic carbocycles. The van der Waals surface area contributed by atoms with Gasteiger partial charge in [-0.2, -0.15) is 5.10 Å². The molecule has 0 saturated heterocycles. The van der Waals surface area contributed by atoms with Crippen LogP contribution in [0.5, 0.6) is 0 Å². The Morgan fingerprint density at radius 1 is 1.42 bits per heavy atom. The number of likely N-dealkylation sites (N-methyl/N-ethyl adjacent to an activating group) is 1. The van der Waals surface area contributed by atoms with Gasteiger partial charge < -0.3 is 5.32 Å². The smallest absolute Gasteiger partial charge is 0.124 e. The second-order valence-corrected chi connectivity index (χ2v) is 5.46. The number of aromatic nitrogens is 2. The van der Waals surface area contributed by atoms with Gasteiger partial charge in [0.2, 0.25) is 0 Å². The first-order valence-electron chi connectivity index (χ1n) is 6.25. The van der Waals surface area contributed by atoms with E-state index < -0.39 is 0 Å². The Morgan fingerprint density at radius 2 is 2.21 bits per heavy atom. The fraction of sp³-hybridized carbons (Fsp3) is 0.357. The van der Waals surface area contributed by atoms with Gasteiger partial charge in [0, 0.05) is 29.3 Å². The molecule has 1 unspecified atom stereocenters. The van der Waals surface area contributed by atoms with Crippen LogP contribution < -0.4 is 5.32 Å². The molecular formula is C14H17BrFN3. The molecule has 102 valence electrons. The number of benzene rings is 1. The molecule has 0 radical (unpaired) electrons. The molecule has 0 fully saturated rings. The van der Waals surface area contributed by atoms with Gasteiger partial charge in [-0.15, -0.1) is 0 Å². The van der Waals surface area contributed by atoms with Crippen molar-refractivity contribution in [1.29, 1.82) is 0 Å². The molecule has 1 aromatic heterocycles. The van der Waals surface area contributed by atoms with E-state index in [4.69, 9.17) is 0 Å². The van der Waals surface area contributed by atoms with Gasteiger partial charge in [0.25, 0.3) is 0 Å². The lowest BCUT2D eigenvalue weighted by Gasteiger charge is -2.16. The highest BCUT2D eigenvalue weighted by molar-refractivity contribution is 9.10. The van der Waals surface area contributed by atoms with E-state index in [-0.39, 0.29) is 11.9 Å². The number of nitrogens with zero attached hydrogens (tertiary/aromatic N) is 2. The second-order valence-electron chi connectivity index (χ2n) is 4.54. The molecule has 1 aromatic carbocycles. The number of halogens is 2. The normalized spacial score (nSPS) is 12.6. The SMILES string of the molecule is CCNC(Cc1cc(F)cc(Br)c1)c1cnn(C)c1. The molecule has 5 heteroatoms. The highest BCUT2D eigenvalue weighted by Crippen LogP contribution is 2.21. The summed E-state index contributed by atoms with van der Waals surface area (Å²) >= 11 is 3.33. The molecule has 1 atom stereocenters. The summed E-state index contributed by atoms with van der Waals surface area (Å²) in [4.78, 5) is 0. The van der Waals surface area contributed by atoms with E-state index in [2.05, 4.69) is 33.3 Å². The topological polar surface area (TPSA) is 29.9 Å². The number of hydrogen-bond donors (Lipinski definition) is 1. The highest BCUT2D eigenvalue weighted by Gasteiger charge is 2.13. The van der Waals surface area contributed by atoms with Crippen molar-refractivity contribution in [3.63, 3.8) is 0 Å². The summed E-state index contributed by atoms with van der Waals surface area (Å²) < 4.78 is 16.0. The average molecular weight is 326 g/mol. The minimum absolute atomic E-state index is 0.146. The van der Waals surface area contributed by atoms with Gasteiger partial charge in [0.15, 0.2) is 0 Å². The van der Waals surface area contributed by atoms with E-state index in [9.17, 15) is 4.39 Å². The van der Waals surface area contributed by atoms with Crippen LogP contribution in [0.2, 0.25) is 0 Å². The van der Waals surface area contributed by atoms with E-state index in [0.29, 0.717) is 0 Å². The molecule has 0 saturated carbocycles. The Hall–Kier alpha value is -1.20. The van der Waals surface area contributed by atoms with Crippen LogP contribution in [0.4, 0.5) is 4.39 Å². The van der Waals surface area contributed by atoms with Crippen LogP contribution in [0.15, 0.2) is 35.1 Å². The monoisotopic (exact) mass is 325 g/mol. The molecular weight excluding hydrogens is 309 g/mol. The highest BCUT2D eigenvalue weighted by atomic mass is 79.9. The van der Waals surface area contributed by atoms with Crippen LogP contribution in [-0.2, 0) is 13.5 Å². The maximum atomic E-state index is 13.4. The van der Waals surface area contributed by atoms with Gasteiger partial charge in [-0.1, -0.05) is 22.9 Å². The van der Waals surface area contributed by atoms with Crippen molar-refractivity contribution in [2.45, 2.75) is 19.4 Å². The van der Waals surface area contributed by atoms with Crippen molar-refractivity contribution in [2.75, 3.05) is 6.54 Å². The summed E-state index contributed by atoms with van der Waals surface area (Å²) in [6.45, 7) is 2.92. The quantitative estimate of drug-likeness (QED) is 0.914. The van der Waals surface area contributed by atoms with Gasteiger partial charge in [-0.25, -0.2) is 4.39 Å². The summed E-state index contributed by atoms with van der Waals surface area (Å²) in [5.41, 5.74) is 2.08. The lowest BCUT2D eigenvalue weighted by Crippen LogP contribution is -2.22. The lowest BCUT2D eigenvalue weighted by atomic mass is 10.0. The van der Waals surface area contributed by atoms with Gasteiger partial charge in [0.1, 0.15) is 5.82 Å². The molecule has 0 amide bonds. The third-order valence-electron chi connectivity index (χ3n) is 2.94. The first-order chi connectivity index (χ1) is 9.08. The summed E-state index contributed by atoms with van der Waals surface area (Å²) in [5, 5.41) is 7.60. The van der Waals surface area contributed by atoms with Crippen molar-refractivity contribution in [3.05, 3.63) is 52.0 Å². The van der Waals surface area contributed by atoms with Gasteiger partial charge in [-0.3, -0.25) is 4.68 Å². The third kappa shape index (κ3) is 3.88. The first kappa shape index (κ1) is 14.2. The molecule has 19 heavy (non-hydrogen) atoms. The zero-order valence-corrected chi connectivity index (χ0v) is 12.6. The van der Waals surface area contributed by atoms with Crippen molar-refractivity contribution in [1.82, 2.24) is 15.1 Å². The zero-order valence-electron chi connectivity index (χ0n) is 11.0. The number of rotatable bonds is 5. The van der Waals surface area contributed by atoms with Gasteiger partial charge in [-0.05, 0) is 36.7 Å². The minimum atomic E-state index is -0.217. The molecule has 2 aromatic rings. The zero-order chi connectivity index (χ0) is 13.8. The van der Waals surface area contributed by atoms with Crippen molar-refractivity contribution < 1.29 is 4.39 Å². The molecule has 1 N–H and O–H groups in total. The van der Waals surface area contributed by atoms with Crippen LogP contribution in [0.25, 0.3) is 0 Å². The average Bonchev–Trinajstić information content (AvgIpc) is 2.74. The molecule has 1 heterocycles. The molecule has 0 aliphatic rings. The predicted molar refractivity (Wildman–Crippen MR) is 77.4 cm³/mol. The van der Waals surface area contributed by atoms with Crippen LogP contribution in [0.3, 0.4) is 0 Å². The number of aryl methyl sites for hydroxylation is 1. The maximum Gasteiger partial charge on any atom is 0.124 e. The fourth-order valence-electron chi connectivity index (χ4n) is 2.14. The van der Waals surface area contributed by atoms with Crippen molar-refractivity contribution >= 4 is 15.9 Å². The molecule has 0 spiro atoms. The summed E-state index contributed by atoms with van der Waals surface area (Å²) in [6, 6.07) is 5.14. The standard InChI is InChI=1S/C14H17BrFN3/c1-3-17-14(11-8-18-19(2)9-11)6-10-4-12(15)7-13(16)5-10/h4-5,7-9,14,17H,3,6H2,1-2H3. The Labute approximate surface area is 121 Å². The first-order valence-corrected chi connectivity index (χ1v) is 7.04. The van der Waals surface area contributed by atoms with E-state index in [1.165, 1.54) is 6.07 Å². The van der Waals surface area contributed by atoms with E-state index in [1.807, 2.05) is 25.5 Å². The van der Waals surface area contributed by atoms with Crippen LogP contribution in [-0.4, -0.2) is 16.3 Å². The van der Waals surface area contributed by atoms with Crippen LogP contribution in [0.1, 0.15) is 24.1 Å². The molecule has 0 bridgehead atoms. The summed E-state index contributed by atoms with van der Waals surface area (Å²) in [7, 11) is 1.89. The van der Waals surface area contributed by atoms with Crippen LogP contribution >= 0.6 is 15.9 Å².